The highest BCUT2D eigenvalue weighted by Crippen LogP contribution is 2.37. The summed E-state index contributed by atoms with van der Waals surface area (Å²) in [4.78, 5) is 0.0608. The Bertz CT molecular complexity index is 929. The van der Waals surface area contributed by atoms with Gasteiger partial charge in [-0.25, -0.2) is 13.1 Å². The van der Waals surface area contributed by atoms with Crippen molar-refractivity contribution in [1.82, 2.24) is 4.72 Å². The van der Waals surface area contributed by atoms with E-state index in [0.29, 0.717) is 49.1 Å². The molecule has 2 aromatic carbocycles. The summed E-state index contributed by atoms with van der Waals surface area (Å²) in [5.41, 5.74) is -0.744. The van der Waals surface area contributed by atoms with Gasteiger partial charge < -0.3 is 19.3 Å². The van der Waals surface area contributed by atoms with Crippen LogP contribution in [0.5, 0.6) is 17.2 Å². The fourth-order valence-electron chi connectivity index (χ4n) is 3.11. The van der Waals surface area contributed by atoms with E-state index in [-0.39, 0.29) is 11.4 Å². The molecule has 2 heterocycles. The van der Waals surface area contributed by atoms with Gasteiger partial charge in [0.05, 0.1) is 11.5 Å². The fraction of sp³-hybridized carbons (Fsp3) is 0.333. The minimum absolute atomic E-state index is 0.0608. The van der Waals surface area contributed by atoms with Gasteiger partial charge in [0.25, 0.3) is 0 Å². The molecule has 0 saturated carbocycles. The average molecular weight is 377 g/mol. The highest BCUT2D eigenvalue weighted by molar-refractivity contribution is 7.89. The maximum absolute atomic E-state index is 12.7. The van der Waals surface area contributed by atoms with Gasteiger partial charge in [-0.2, -0.15) is 0 Å². The predicted octanol–water partition coefficient (Wildman–Crippen LogP) is 1.41. The molecule has 0 amide bonds. The molecule has 0 aromatic heterocycles. The smallest absolute Gasteiger partial charge is 0.240 e. The van der Waals surface area contributed by atoms with Gasteiger partial charge in [-0.3, -0.25) is 0 Å². The van der Waals surface area contributed by atoms with E-state index in [1.807, 2.05) is 6.07 Å². The van der Waals surface area contributed by atoms with Gasteiger partial charge in [0, 0.05) is 24.6 Å². The van der Waals surface area contributed by atoms with Crippen LogP contribution >= 0.6 is 0 Å². The molecular weight excluding hydrogens is 358 g/mol. The summed E-state index contributed by atoms with van der Waals surface area (Å²) in [6, 6.07) is 11.6. The lowest BCUT2D eigenvalue weighted by molar-refractivity contribution is 0.00219. The summed E-state index contributed by atoms with van der Waals surface area (Å²) in [5, 5.41) is 11.0. The summed E-state index contributed by atoms with van der Waals surface area (Å²) in [6.07, 6.45) is 0.299. The van der Waals surface area contributed by atoms with Gasteiger partial charge in [0.1, 0.15) is 24.6 Å². The van der Waals surface area contributed by atoms with Crippen molar-refractivity contribution >= 4 is 10.0 Å². The first-order chi connectivity index (χ1) is 12.5. The van der Waals surface area contributed by atoms with Crippen LogP contribution in [0.2, 0.25) is 0 Å². The van der Waals surface area contributed by atoms with Crippen molar-refractivity contribution in [3.05, 3.63) is 48.0 Å². The fourth-order valence-corrected chi connectivity index (χ4v) is 4.22. The highest BCUT2D eigenvalue weighted by atomic mass is 32.2. The van der Waals surface area contributed by atoms with Crippen LogP contribution in [0.4, 0.5) is 0 Å². The summed E-state index contributed by atoms with van der Waals surface area (Å²) in [5.74, 6) is 1.49. The van der Waals surface area contributed by atoms with E-state index in [4.69, 9.17) is 14.2 Å². The number of rotatable bonds is 4. The van der Waals surface area contributed by atoms with Crippen LogP contribution in [0.1, 0.15) is 12.0 Å². The number of hydrogen-bond acceptors (Lipinski definition) is 6. The van der Waals surface area contributed by atoms with Crippen LogP contribution < -0.4 is 18.9 Å². The number of ether oxygens (including phenoxy) is 3. The van der Waals surface area contributed by atoms with Gasteiger partial charge in [-0.1, -0.05) is 18.2 Å². The van der Waals surface area contributed by atoms with Crippen molar-refractivity contribution in [3.63, 3.8) is 0 Å². The summed E-state index contributed by atoms with van der Waals surface area (Å²) in [6.45, 7) is 0.982. The van der Waals surface area contributed by atoms with Gasteiger partial charge in [0.15, 0.2) is 11.5 Å². The third kappa shape index (κ3) is 3.11. The monoisotopic (exact) mass is 377 g/mol. The van der Waals surface area contributed by atoms with Crippen LogP contribution in [-0.4, -0.2) is 39.9 Å². The summed E-state index contributed by atoms with van der Waals surface area (Å²) < 4.78 is 44.2. The van der Waals surface area contributed by atoms with Crippen LogP contribution in [0.3, 0.4) is 0 Å². The lowest BCUT2D eigenvalue weighted by atomic mass is 9.88. The van der Waals surface area contributed by atoms with Gasteiger partial charge in [-0.05, 0) is 18.2 Å². The maximum atomic E-state index is 12.7. The van der Waals surface area contributed by atoms with E-state index in [2.05, 4.69) is 4.72 Å². The van der Waals surface area contributed by atoms with E-state index in [0.717, 1.165) is 0 Å². The SMILES string of the molecule is O=S(=O)(NC[C@@]1(O)CCOc2ccccc21)c1ccc2c(c1)OCCO2. The first-order valence-electron chi connectivity index (χ1n) is 8.32. The Morgan fingerprint density at radius 1 is 0.962 bits per heavy atom. The molecule has 2 aliphatic heterocycles. The number of hydrogen-bond donors (Lipinski definition) is 2. The highest BCUT2D eigenvalue weighted by Gasteiger charge is 2.36. The van der Waals surface area contributed by atoms with E-state index >= 15 is 0 Å². The van der Waals surface area contributed by atoms with Crippen molar-refractivity contribution in [2.75, 3.05) is 26.4 Å². The molecule has 0 aliphatic carbocycles. The Morgan fingerprint density at radius 2 is 1.69 bits per heavy atom. The molecule has 1 atom stereocenters. The first-order valence-corrected chi connectivity index (χ1v) is 9.80. The molecule has 2 aromatic rings. The number of aliphatic hydroxyl groups is 1. The van der Waals surface area contributed by atoms with Crippen molar-refractivity contribution in [3.8, 4) is 17.2 Å². The second kappa shape index (κ2) is 6.46. The van der Waals surface area contributed by atoms with E-state index in [9.17, 15) is 13.5 Å². The van der Waals surface area contributed by atoms with Gasteiger partial charge in [0.2, 0.25) is 10.0 Å². The number of fused-ring (bicyclic) bond motifs is 2. The summed E-state index contributed by atoms with van der Waals surface area (Å²) in [7, 11) is -3.82. The van der Waals surface area contributed by atoms with Crippen LogP contribution in [-0.2, 0) is 15.6 Å². The molecule has 7 nitrogen and oxygen atoms in total. The minimum atomic E-state index is -3.82. The number of para-hydroxylation sites is 1. The molecule has 138 valence electrons. The van der Waals surface area contributed by atoms with E-state index in [1.54, 1.807) is 24.3 Å². The van der Waals surface area contributed by atoms with Crippen molar-refractivity contribution in [1.29, 1.82) is 0 Å². The minimum Gasteiger partial charge on any atom is -0.493 e. The number of benzene rings is 2. The molecule has 26 heavy (non-hydrogen) atoms. The second-order valence-corrected chi connectivity index (χ2v) is 8.02. The Kier molecular flexibility index (Phi) is 4.26. The average Bonchev–Trinajstić information content (AvgIpc) is 2.67. The molecule has 0 fully saturated rings. The van der Waals surface area contributed by atoms with E-state index in [1.165, 1.54) is 12.1 Å². The largest absolute Gasteiger partial charge is 0.493 e. The lowest BCUT2D eigenvalue weighted by Gasteiger charge is -2.34. The van der Waals surface area contributed by atoms with Crippen molar-refractivity contribution in [2.45, 2.75) is 16.9 Å². The van der Waals surface area contributed by atoms with Crippen LogP contribution in [0.15, 0.2) is 47.4 Å². The lowest BCUT2D eigenvalue weighted by Crippen LogP contribution is -2.43. The van der Waals surface area contributed by atoms with Crippen LogP contribution in [0, 0.1) is 0 Å². The van der Waals surface area contributed by atoms with Crippen molar-refractivity contribution in [2.24, 2.45) is 0 Å². The zero-order valence-electron chi connectivity index (χ0n) is 14.0. The number of sulfonamides is 1. The standard InChI is InChI=1S/C18H19NO6S/c20-18(7-8-23-15-4-2-1-3-14(15)18)12-19-26(21,22)13-5-6-16-17(11-13)25-10-9-24-16/h1-6,11,19-20H,7-10,12H2/t18-/m0/s1. The molecule has 0 bridgehead atoms. The molecule has 4 rings (SSSR count). The summed E-state index contributed by atoms with van der Waals surface area (Å²) >= 11 is 0. The third-order valence-corrected chi connectivity index (χ3v) is 5.94. The number of nitrogens with one attached hydrogen (secondary N) is 1. The molecule has 0 saturated heterocycles. The van der Waals surface area contributed by atoms with Crippen molar-refractivity contribution < 1.29 is 27.7 Å². The first kappa shape index (κ1) is 17.1. The molecule has 8 heteroatoms. The zero-order chi connectivity index (χ0) is 18.2. The Labute approximate surface area is 151 Å². The Hall–Kier alpha value is -2.29. The Morgan fingerprint density at radius 3 is 2.54 bits per heavy atom. The topological polar surface area (TPSA) is 94.1 Å². The molecule has 0 spiro atoms. The molecule has 0 unspecified atom stereocenters. The zero-order valence-corrected chi connectivity index (χ0v) is 14.8. The maximum Gasteiger partial charge on any atom is 0.240 e. The molecule has 0 radical (unpaired) electrons. The second-order valence-electron chi connectivity index (χ2n) is 6.26. The van der Waals surface area contributed by atoms with E-state index < -0.39 is 15.6 Å². The van der Waals surface area contributed by atoms with Gasteiger partial charge in [-0.15, -0.1) is 0 Å². The predicted molar refractivity (Wildman–Crippen MR) is 93.1 cm³/mol. The molecular formula is C18H19NO6S. The normalized spacial score (nSPS) is 21.6. The quantitative estimate of drug-likeness (QED) is 0.837. The Balaban J connectivity index is 1.56. The van der Waals surface area contributed by atoms with Crippen LogP contribution in [0.25, 0.3) is 0 Å². The van der Waals surface area contributed by atoms with Gasteiger partial charge >= 0.3 is 0 Å². The molecule has 2 aliphatic rings. The third-order valence-electron chi connectivity index (χ3n) is 4.54. The molecule has 2 N–H and O–H groups in total.